The lowest BCUT2D eigenvalue weighted by molar-refractivity contribution is -0.169. The van der Waals surface area contributed by atoms with Crippen LogP contribution >= 0.6 is 0 Å². The summed E-state index contributed by atoms with van der Waals surface area (Å²) in [4.78, 5) is 33.2. The van der Waals surface area contributed by atoms with Gasteiger partial charge < -0.3 is 30.9 Å². The number of ether oxygens (including phenoxy) is 1. The molecule has 1 unspecified atom stereocenters. The maximum atomic E-state index is 11.7. The quantitative estimate of drug-likeness (QED) is 0.311. The molecule has 0 aliphatic rings. The highest BCUT2D eigenvalue weighted by Crippen LogP contribution is 2.28. The van der Waals surface area contributed by atoms with Gasteiger partial charge in [-0.3, -0.25) is 9.59 Å². The summed E-state index contributed by atoms with van der Waals surface area (Å²) in [6.07, 6.45) is -1.75. The van der Waals surface area contributed by atoms with Crippen LogP contribution < -0.4 is 10.5 Å². The van der Waals surface area contributed by atoms with Gasteiger partial charge in [-0.25, -0.2) is 4.79 Å². The minimum atomic E-state index is -2.79. The molecule has 126 valence electrons. The van der Waals surface area contributed by atoms with E-state index in [1.54, 1.807) is 6.07 Å². The van der Waals surface area contributed by atoms with Crippen LogP contribution in [0.25, 0.3) is 0 Å². The van der Waals surface area contributed by atoms with E-state index in [1.165, 1.54) is 12.1 Å². The summed E-state index contributed by atoms with van der Waals surface area (Å²) in [6.45, 7) is 0.361. The Balaban J connectivity index is 2.83. The Labute approximate surface area is 130 Å². The van der Waals surface area contributed by atoms with Crippen molar-refractivity contribution in [3.63, 3.8) is 0 Å². The van der Waals surface area contributed by atoms with E-state index in [-0.39, 0.29) is 11.5 Å². The fourth-order valence-electron chi connectivity index (χ4n) is 1.83. The zero-order valence-electron chi connectivity index (χ0n) is 12.1. The highest BCUT2D eigenvalue weighted by Gasteiger charge is 2.41. The molecule has 0 saturated heterocycles. The Bertz CT molecular complexity index is 615. The van der Waals surface area contributed by atoms with Crippen molar-refractivity contribution in [2.45, 2.75) is 24.9 Å². The van der Waals surface area contributed by atoms with Crippen molar-refractivity contribution in [2.24, 2.45) is 5.73 Å². The van der Waals surface area contributed by atoms with Crippen LogP contribution in [-0.4, -0.2) is 50.5 Å². The summed E-state index contributed by atoms with van der Waals surface area (Å²) in [6, 6.07) is 4.17. The minimum absolute atomic E-state index is 0.237. The van der Waals surface area contributed by atoms with Gasteiger partial charge in [0.2, 0.25) is 0 Å². The van der Waals surface area contributed by atoms with Crippen molar-refractivity contribution in [2.75, 3.05) is 6.54 Å². The van der Waals surface area contributed by atoms with E-state index in [9.17, 15) is 24.6 Å². The number of hydrogen-bond acceptors (Lipinski definition) is 7. The van der Waals surface area contributed by atoms with Gasteiger partial charge in [0.25, 0.3) is 0 Å². The number of carbonyl (C=O) groups is 3. The number of benzene rings is 1. The number of aliphatic carboxylic acids is 2. The number of hydrogen-bond donors (Lipinski definition) is 5. The molecular weight excluding hydrogens is 310 g/mol. The molecule has 1 aromatic carbocycles. The van der Waals surface area contributed by atoms with Crippen molar-refractivity contribution in [1.29, 1.82) is 0 Å². The SMILES string of the molecule is NCCc1ccc(OC(=O)CC(O)(CC(=O)O)C(=O)O)c(O)c1. The first-order valence-electron chi connectivity index (χ1n) is 6.58. The number of phenols is 1. The monoisotopic (exact) mass is 327 g/mol. The highest BCUT2D eigenvalue weighted by molar-refractivity contribution is 5.89. The fraction of sp³-hybridized carbons (Fsp3) is 0.357. The molecule has 0 spiro atoms. The topological polar surface area (TPSA) is 167 Å². The molecule has 0 aromatic heterocycles. The van der Waals surface area contributed by atoms with E-state index >= 15 is 0 Å². The lowest BCUT2D eigenvalue weighted by atomic mass is 9.96. The Kier molecular flexibility index (Phi) is 6.05. The zero-order valence-corrected chi connectivity index (χ0v) is 12.1. The molecule has 0 bridgehead atoms. The summed E-state index contributed by atoms with van der Waals surface area (Å²) >= 11 is 0. The lowest BCUT2D eigenvalue weighted by Crippen LogP contribution is -2.43. The molecule has 0 fully saturated rings. The number of nitrogens with two attached hydrogens (primary N) is 1. The Morgan fingerprint density at radius 3 is 2.30 bits per heavy atom. The zero-order chi connectivity index (χ0) is 17.6. The van der Waals surface area contributed by atoms with E-state index in [2.05, 4.69) is 0 Å². The molecule has 1 aromatic rings. The summed E-state index contributed by atoms with van der Waals surface area (Å²) < 4.78 is 4.77. The lowest BCUT2D eigenvalue weighted by Gasteiger charge is -2.20. The van der Waals surface area contributed by atoms with Crippen LogP contribution in [0.15, 0.2) is 18.2 Å². The van der Waals surface area contributed by atoms with E-state index < -0.39 is 36.4 Å². The van der Waals surface area contributed by atoms with E-state index in [4.69, 9.17) is 20.7 Å². The van der Waals surface area contributed by atoms with Gasteiger partial charge in [-0.05, 0) is 30.7 Å². The molecule has 0 saturated carbocycles. The fourth-order valence-corrected chi connectivity index (χ4v) is 1.83. The number of rotatable bonds is 8. The van der Waals surface area contributed by atoms with Gasteiger partial charge >= 0.3 is 17.9 Å². The Morgan fingerprint density at radius 2 is 1.83 bits per heavy atom. The third kappa shape index (κ3) is 5.24. The second-order valence-corrected chi connectivity index (χ2v) is 4.90. The van der Waals surface area contributed by atoms with Gasteiger partial charge in [-0.2, -0.15) is 0 Å². The van der Waals surface area contributed by atoms with Crippen LogP contribution in [0.1, 0.15) is 18.4 Å². The van der Waals surface area contributed by atoms with Gasteiger partial charge in [-0.1, -0.05) is 6.07 Å². The predicted molar refractivity (Wildman–Crippen MR) is 76.0 cm³/mol. The van der Waals surface area contributed by atoms with Crippen LogP contribution in [0.3, 0.4) is 0 Å². The van der Waals surface area contributed by atoms with Crippen LogP contribution in [0, 0.1) is 0 Å². The largest absolute Gasteiger partial charge is 0.504 e. The van der Waals surface area contributed by atoms with Crippen molar-refractivity contribution in [3.8, 4) is 11.5 Å². The number of carboxylic acids is 2. The number of carboxylic acid groups (broad SMARTS) is 2. The summed E-state index contributed by atoms with van der Waals surface area (Å²) in [5.74, 6) is -5.24. The molecule has 0 radical (unpaired) electrons. The van der Waals surface area contributed by atoms with E-state index in [0.717, 1.165) is 0 Å². The Hall–Kier alpha value is -2.65. The first-order chi connectivity index (χ1) is 10.7. The maximum absolute atomic E-state index is 11.7. The molecule has 1 rings (SSSR count). The van der Waals surface area contributed by atoms with Crippen LogP contribution in [0.5, 0.6) is 11.5 Å². The summed E-state index contributed by atoms with van der Waals surface area (Å²) in [7, 11) is 0. The predicted octanol–water partition coefficient (Wildman–Crippen LogP) is -0.521. The first-order valence-corrected chi connectivity index (χ1v) is 6.58. The smallest absolute Gasteiger partial charge is 0.336 e. The van der Waals surface area contributed by atoms with Crippen LogP contribution in [-0.2, 0) is 20.8 Å². The molecule has 9 heteroatoms. The second kappa shape index (κ2) is 7.56. The van der Waals surface area contributed by atoms with Crippen LogP contribution in [0.4, 0.5) is 0 Å². The molecule has 6 N–H and O–H groups in total. The molecule has 0 aliphatic heterocycles. The van der Waals surface area contributed by atoms with E-state index in [0.29, 0.717) is 18.5 Å². The molecular formula is C14H17NO8. The number of esters is 1. The number of phenolic OH excluding ortho intramolecular Hbond substituents is 1. The van der Waals surface area contributed by atoms with Gasteiger partial charge in [0, 0.05) is 0 Å². The summed E-state index contributed by atoms with van der Waals surface area (Å²) in [5, 5.41) is 36.9. The van der Waals surface area contributed by atoms with Gasteiger partial charge in [0.05, 0.1) is 12.8 Å². The van der Waals surface area contributed by atoms with Crippen molar-refractivity contribution < 1.29 is 39.5 Å². The molecule has 23 heavy (non-hydrogen) atoms. The molecule has 0 heterocycles. The molecule has 0 aliphatic carbocycles. The third-order valence-corrected chi connectivity index (χ3v) is 2.96. The molecule has 9 nitrogen and oxygen atoms in total. The van der Waals surface area contributed by atoms with Gasteiger partial charge in [0.1, 0.15) is 0 Å². The van der Waals surface area contributed by atoms with Crippen molar-refractivity contribution in [3.05, 3.63) is 23.8 Å². The normalized spacial score (nSPS) is 13.1. The second-order valence-electron chi connectivity index (χ2n) is 4.90. The number of aromatic hydroxyl groups is 1. The highest BCUT2D eigenvalue weighted by atomic mass is 16.5. The average Bonchev–Trinajstić information content (AvgIpc) is 2.41. The van der Waals surface area contributed by atoms with E-state index in [1.807, 2.05) is 0 Å². The van der Waals surface area contributed by atoms with Gasteiger partial charge in [-0.15, -0.1) is 0 Å². The van der Waals surface area contributed by atoms with Gasteiger partial charge in [0.15, 0.2) is 17.1 Å². The minimum Gasteiger partial charge on any atom is -0.504 e. The molecule has 0 amide bonds. The summed E-state index contributed by atoms with van der Waals surface area (Å²) in [5.41, 5.74) is 3.28. The maximum Gasteiger partial charge on any atom is 0.336 e. The number of aliphatic hydroxyl groups is 1. The van der Waals surface area contributed by atoms with Crippen molar-refractivity contribution in [1.82, 2.24) is 0 Å². The standard InChI is InChI=1S/C14H17NO8/c15-4-3-8-1-2-10(9(16)5-8)23-12(19)7-14(22,13(20)21)6-11(17)18/h1-2,5,16,22H,3-4,6-7,15H2,(H,17,18)(H,20,21). The third-order valence-electron chi connectivity index (χ3n) is 2.96. The molecule has 1 atom stereocenters. The number of carbonyl (C=O) groups excluding carboxylic acids is 1. The first kappa shape index (κ1) is 18.4. The van der Waals surface area contributed by atoms with Crippen LogP contribution in [0.2, 0.25) is 0 Å². The van der Waals surface area contributed by atoms with Crippen molar-refractivity contribution >= 4 is 17.9 Å². The average molecular weight is 327 g/mol. The Morgan fingerprint density at radius 1 is 1.17 bits per heavy atom.